The van der Waals surface area contributed by atoms with E-state index in [4.69, 9.17) is 11.6 Å². The summed E-state index contributed by atoms with van der Waals surface area (Å²) in [7, 11) is 0. The molecule has 4 rings (SSSR count). The molecule has 0 saturated carbocycles. The van der Waals surface area contributed by atoms with Crippen LogP contribution in [0.25, 0.3) is 11.4 Å². The van der Waals surface area contributed by atoms with E-state index >= 15 is 0 Å². The summed E-state index contributed by atoms with van der Waals surface area (Å²) in [5.74, 6) is 1.76. The van der Waals surface area contributed by atoms with Crippen molar-refractivity contribution in [2.45, 2.75) is 11.8 Å². The highest BCUT2D eigenvalue weighted by Gasteiger charge is 2.22. The Bertz CT molecular complexity index is 786. The molecule has 3 aromatic rings. The van der Waals surface area contributed by atoms with Crippen LogP contribution in [-0.2, 0) is 6.67 Å². The molecule has 0 N–H and O–H groups in total. The van der Waals surface area contributed by atoms with Crippen LogP contribution in [-0.4, -0.2) is 20.6 Å². The van der Waals surface area contributed by atoms with Gasteiger partial charge >= 0.3 is 0 Å². The van der Waals surface area contributed by atoms with E-state index in [-0.39, 0.29) is 0 Å². The molecule has 1 aliphatic heterocycles. The summed E-state index contributed by atoms with van der Waals surface area (Å²) in [4.78, 5) is 2.28. The third kappa shape index (κ3) is 2.46. The van der Waals surface area contributed by atoms with Gasteiger partial charge in [-0.25, -0.2) is 0 Å². The van der Waals surface area contributed by atoms with Crippen LogP contribution in [0.15, 0.2) is 59.8 Å². The quantitative estimate of drug-likeness (QED) is 0.708. The topological polar surface area (TPSA) is 34.0 Å². The Hall–Kier alpha value is -1.98. The average Bonchev–Trinajstić information content (AvgIpc) is 2.99. The molecular formula is C16H13ClN4S. The zero-order valence-corrected chi connectivity index (χ0v) is 13.3. The largest absolute Gasteiger partial charge is 0.344 e. The molecule has 22 heavy (non-hydrogen) atoms. The van der Waals surface area contributed by atoms with Crippen molar-refractivity contribution >= 4 is 29.1 Å². The SMILES string of the molecule is Clc1ccc(N2CSc3nnc(-c4ccccc4)n3C2)cc1. The minimum atomic E-state index is 0.737. The second kappa shape index (κ2) is 5.66. The maximum atomic E-state index is 5.97. The minimum Gasteiger partial charge on any atom is -0.344 e. The second-order valence-electron chi connectivity index (χ2n) is 5.03. The van der Waals surface area contributed by atoms with Gasteiger partial charge in [0.1, 0.15) is 0 Å². The van der Waals surface area contributed by atoms with Gasteiger partial charge in [-0.05, 0) is 24.3 Å². The summed E-state index contributed by atoms with van der Waals surface area (Å²) in [6, 6.07) is 18.1. The summed E-state index contributed by atoms with van der Waals surface area (Å²) in [6.45, 7) is 0.737. The Labute approximate surface area is 137 Å². The minimum absolute atomic E-state index is 0.737. The zero-order chi connectivity index (χ0) is 14.9. The fraction of sp³-hybridized carbons (Fsp3) is 0.125. The fourth-order valence-corrected chi connectivity index (χ4v) is 3.51. The molecular weight excluding hydrogens is 316 g/mol. The normalized spacial score (nSPS) is 14.0. The molecule has 0 amide bonds. The van der Waals surface area contributed by atoms with Crippen molar-refractivity contribution in [1.29, 1.82) is 0 Å². The number of hydrogen-bond acceptors (Lipinski definition) is 4. The molecule has 0 bridgehead atoms. The molecule has 0 unspecified atom stereocenters. The van der Waals surface area contributed by atoms with Crippen LogP contribution in [0.5, 0.6) is 0 Å². The molecule has 0 fully saturated rings. The van der Waals surface area contributed by atoms with Crippen molar-refractivity contribution < 1.29 is 0 Å². The molecule has 0 radical (unpaired) electrons. The van der Waals surface area contributed by atoms with Gasteiger partial charge < -0.3 is 4.90 Å². The van der Waals surface area contributed by atoms with Gasteiger partial charge in [0.25, 0.3) is 0 Å². The highest BCUT2D eigenvalue weighted by Crippen LogP contribution is 2.31. The maximum absolute atomic E-state index is 5.97. The summed E-state index contributed by atoms with van der Waals surface area (Å²) in [6.07, 6.45) is 0. The van der Waals surface area contributed by atoms with Crippen molar-refractivity contribution in [2.75, 3.05) is 10.8 Å². The fourth-order valence-electron chi connectivity index (χ4n) is 2.48. The second-order valence-corrected chi connectivity index (χ2v) is 6.38. The van der Waals surface area contributed by atoms with Gasteiger partial charge in [0.15, 0.2) is 11.0 Å². The van der Waals surface area contributed by atoms with E-state index in [1.165, 1.54) is 0 Å². The smallest absolute Gasteiger partial charge is 0.194 e. The van der Waals surface area contributed by atoms with E-state index in [1.54, 1.807) is 11.8 Å². The van der Waals surface area contributed by atoms with E-state index in [2.05, 4.69) is 31.8 Å². The Morgan fingerprint density at radius 1 is 0.955 bits per heavy atom. The molecule has 6 heteroatoms. The third-order valence-corrected chi connectivity index (χ3v) is 4.86. The molecule has 1 aromatic heterocycles. The lowest BCUT2D eigenvalue weighted by Crippen LogP contribution is -2.30. The van der Waals surface area contributed by atoms with Crippen molar-refractivity contribution in [1.82, 2.24) is 14.8 Å². The number of hydrogen-bond donors (Lipinski definition) is 0. The lowest BCUT2D eigenvalue weighted by molar-refractivity contribution is 0.608. The van der Waals surface area contributed by atoms with Crippen molar-refractivity contribution in [3.63, 3.8) is 0 Å². The molecule has 1 aliphatic rings. The van der Waals surface area contributed by atoms with Crippen molar-refractivity contribution in [3.05, 3.63) is 59.6 Å². The average molecular weight is 329 g/mol. The van der Waals surface area contributed by atoms with Gasteiger partial charge in [0.2, 0.25) is 0 Å². The van der Waals surface area contributed by atoms with Crippen molar-refractivity contribution in [3.8, 4) is 11.4 Å². The van der Waals surface area contributed by atoms with Crippen LogP contribution in [0.3, 0.4) is 0 Å². The van der Waals surface area contributed by atoms with Gasteiger partial charge in [0, 0.05) is 16.3 Å². The Kier molecular flexibility index (Phi) is 3.52. The van der Waals surface area contributed by atoms with Gasteiger partial charge in [-0.1, -0.05) is 53.7 Å². The number of benzene rings is 2. The van der Waals surface area contributed by atoms with E-state index in [0.29, 0.717) is 0 Å². The maximum Gasteiger partial charge on any atom is 0.194 e. The van der Waals surface area contributed by atoms with Crippen molar-refractivity contribution in [2.24, 2.45) is 0 Å². The first-order chi connectivity index (χ1) is 10.8. The van der Waals surface area contributed by atoms with Crippen LogP contribution in [0.4, 0.5) is 5.69 Å². The standard InChI is InChI=1S/C16H13ClN4S/c17-13-6-8-14(9-7-13)20-10-21-15(12-4-2-1-3-5-12)18-19-16(21)22-11-20/h1-9H,10-11H2. The highest BCUT2D eigenvalue weighted by atomic mass is 35.5. The van der Waals surface area contributed by atoms with Gasteiger partial charge in [-0.15, -0.1) is 10.2 Å². The van der Waals surface area contributed by atoms with E-state index in [0.717, 1.165) is 39.8 Å². The molecule has 4 nitrogen and oxygen atoms in total. The first-order valence-corrected chi connectivity index (χ1v) is 8.29. The summed E-state index contributed by atoms with van der Waals surface area (Å²) in [5, 5.41) is 10.4. The van der Waals surface area contributed by atoms with Crippen LogP contribution in [0, 0.1) is 0 Å². The van der Waals surface area contributed by atoms with Crippen LogP contribution < -0.4 is 4.90 Å². The van der Waals surface area contributed by atoms with E-state index in [9.17, 15) is 0 Å². The molecule has 2 aromatic carbocycles. The summed E-state index contributed by atoms with van der Waals surface area (Å²) >= 11 is 7.66. The summed E-state index contributed by atoms with van der Waals surface area (Å²) in [5.41, 5.74) is 2.23. The summed E-state index contributed by atoms with van der Waals surface area (Å²) < 4.78 is 2.15. The number of nitrogens with zero attached hydrogens (tertiary/aromatic N) is 4. The van der Waals surface area contributed by atoms with Gasteiger partial charge in [-0.2, -0.15) is 0 Å². The Morgan fingerprint density at radius 3 is 2.50 bits per heavy atom. The Balaban J connectivity index is 1.68. The van der Waals surface area contributed by atoms with E-state index < -0.39 is 0 Å². The Morgan fingerprint density at radius 2 is 1.73 bits per heavy atom. The third-order valence-electron chi connectivity index (χ3n) is 3.60. The molecule has 0 atom stereocenters. The number of thioether (sulfide) groups is 1. The molecule has 0 aliphatic carbocycles. The zero-order valence-electron chi connectivity index (χ0n) is 11.7. The lowest BCUT2D eigenvalue weighted by atomic mass is 10.2. The molecule has 0 saturated heterocycles. The first-order valence-electron chi connectivity index (χ1n) is 6.93. The van der Waals surface area contributed by atoms with E-state index in [1.807, 2.05) is 42.5 Å². The van der Waals surface area contributed by atoms with Crippen LogP contribution in [0.1, 0.15) is 0 Å². The predicted molar refractivity (Wildman–Crippen MR) is 90.1 cm³/mol. The lowest BCUT2D eigenvalue weighted by Gasteiger charge is -2.29. The monoisotopic (exact) mass is 328 g/mol. The number of fused-ring (bicyclic) bond motifs is 1. The first kappa shape index (κ1) is 13.7. The predicted octanol–water partition coefficient (Wildman–Crippen LogP) is 4.13. The molecule has 2 heterocycles. The molecule has 110 valence electrons. The highest BCUT2D eigenvalue weighted by molar-refractivity contribution is 7.99. The number of anilines is 1. The number of halogens is 1. The van der Waals surface area contributed by atoms with Crippen LogP contribution in [0.2, 0.25) is 5.02 Å². The van der Waals surface area contributed by atoms with Gasteiger partial charge in [-0.3, -0.25) is 4.57 Å². The number of aromatic nitrogens is 3. The molecule has 0 spiro atoms. The van der Waals surface area contributed by atoms with Gasteiger partial charge in [0.05, 0.1) is 12.5 Å². The van der Waals surface area contributed by atoms with Crippen LogP contribution >= 0.6 is 23.4 Å². The number of rotatable bonds is 2.